The number of carbonyl (C=O) groups is 1. The highest BCUT2D eigenvalue weighted by molar-refractivity contribution is 5.76. The Morgan fingerprint density at radius 1 is 1.26 bits per heavy atom. The van der Waals surface area contributed by atoms with Gasteiger partial charge in [-0.2, -0.15) is 0 Å². The number of hydrogen-bond acceptors (Lipinski definition) is 3. The molecule has 5 nitrogen and oxygen atoms in total. The molecule has 1 unspecified atom stereocenters. The minimum atomic E-state index is -0.283. The van der Waals surface area contributed by atoms with Gasteiger partial charge in [0.2, 0.25) is 0 Å². The summed E-state index contributed by atoms with van der Waals surface area (Å²) in [6, 6.07) is 5.09. The highest BCUT2D eigenvalue weighted by Crippen LogP contribution is 2.29. The fraction of sp³-hybridized carbons (Fsp3) is 0.357. The van der Waals surface area contributed by atoms with E-state index in [1.54, 1.807) is 21.1 Å². The zero-order valence-electron chi connectivity index (χ0n) is 11.7. The van der Waals surface area contributed by atoms with E-state index >= 15 is 0 Å². The third-order valence-electron chi connectivity index (χ3n) is 2.58. The summed E-state index contributed by atoms with van der Waals surface area (Å²) in [5.74, 6) is 1.29. The molecule has 0 saturated carbocycles. The monoisotopic (exact) mass is 264 g/mol. The summed E-state index contributed by atoms with van der Waals surface area (Å²) in [6.45, 7) is 7.23. The number of hydrogen-bond donors (Lipinski definition) is 2. The zero-order valence-corrected chi connectivity index (χ0v) is 11.7. The first-order valence-corrected chi connectivity index (χ1v) is 5.93. The lowest BCUT2D eigenvalue weighted by atomic mass is 10.1. The lowest BCUT2D eigenvalue weighted by Crippen LogP contribution is -2.35. The van der Waals surface area contributed by atoms with Crippen molar-refractivity contribution < 1.29 is 14.3 Å². The minimum Gasteiger partial charge on any atom is -0.493 e. The van der Waals surface area contributed by atoms with Crippen molar-refractivity contribution in [2.24, 2.45) is 0 Å². The molecule has 0 radical (unpaired) electrons. The van der Waals surface area contributed by atoms with Crippen molar-refractivity contribution in [3.8, 4) is 11.5 Å². The Morgan fingerprint density at radius 2 is 1.89 bits per heavy atom. The molecular formula is C14H20N2O3. The number of methoxy groups -OCH3 is 2. The molecule has 19 heavy (non-hydrogen) atoms. The van der Waals surface area contributed by atoms with Crippen LogP contribution >= 0.6 is 0 Å². The van der Waals surface area contributed by atoms with Gasteiger partial charge in [-0.25, -0.2) is 4.79 Å². The van der Waals surface area contributed by atoms with Crippen LogP contribution in [0.25, 0.3) is 0 Å². The van der Waals surface area contributed by atoms with E-state index in [0.29, 0.717) is 17.2 Å². The molecule has 0 aliphatic heterocycles. The Balaban J connectivity index is 2.79. The standard InChI is InChI=1S/C14H20N2O3/c1-9(2)15-14(17)16-10(3)11-6-7-12(18-4)13(8-11)19-5/h6-8,10H,1H2,2-5H3,(H2,15,16,17). The van der Waals surface area contributed by atoms with Crippen molar-refractivity contribution in [3.05, 3.63) is 36.0 Å². The number of carbonyl (C=O) groups excluding carboxylic acids is 1. The highest BCUT2D eigenvalue weighted by Gasteiger charge is 2.12. The quantitative estimate of drug-likeness (QED) is 0.859. The van der Waals surface area contributed by atoms with Crippen LogP contribution in [0.4, 0.5) is 4.79 Å². The lowest BCUT2D eigenvalue weighted by molar-refractivity contribution is 0.240. The first-order valence-electron chi connectivity index (χ1n) is 5.93. The minimum absolute atomic E-state index is 0.154. The molecule has 1 atom stereocenters. The summed E-state index contributed by atoms with van der Waals surface area (Å²) < 4.78 is 10.4. The molecule has 0 heterocycles. The molecule has 2 N–H and O–H groups in total. The number of allylic oxidation sites excluding steroid dienone is 1. The highest BCUT2D eigenvalue weighted by atomic mass is 16.5. The number of amides is 2. The molecule has 2 amide bonds. The Labute approximate surface area is 113 Å². The predicted molar refractivity (Wildman–Crippen MR) is 74.4 cm³/mol. The van der Waals surface area contributed by atoms with Crippen LogP contribution in [0, 0.1) is 0 Å². The maximum absolute atomic E-state index is 11.6. The number of urea groups is 1. The van der Waals surface area contributed by atoms with Gasteiger partial charge in [-0.05, 0) is 31.5 Å². The molecular weight excluding hydrogens is 244 g/mol. The predicted octanol–water partition coefficient (Wildman–Crippen LogP) is 2.60. The fourth-order valence-corrected chi connectivity index (χ4v) is 1.63. The van der Waals surface area contributed by atoms with Crippen LogP contribution in [-0.4, -0.2) is 20.3 Å². The van der Waals surface area contributed by atoms with Gasteiger partial charge >= 0.3 is 6.03 Å². The maximum Gasteiger partial charge on any atom is 0.319 e. The van der Waals surface area contributed by atoms with E-state index in [1.807, 2.05) is 25.1 Å². The van der Waals surface area contributed by atoms with E-state index in [1.165, 1.54) is 0 Å². The maximum atomic E-state index is 11.6. The third kappa shape index (κ3) is 4.21. The summed E-state index contributed by atoms with van der Waals surface area (Å²) in [5, 5.41) is 5.40. The molecule has 104 valence electrons. The van der Waals surface area contributed by atoms with Gasteiger partial charge in [0.15, 0.2) is 11.5 Å². The van der Waals surface area contributed by atoms with Crippen molar-refractivity contribution in [2.75, 3.05) is 14.2 Å². The van der Waals surface area contributed by atoms with Crippen molar-refractivity contribution in [3.63, 3.8) is 0 Å². The summed E-state index contributed by atoms with van der Waals surface area (Å²) in [4.78, 5) is 11.6. The van der Waals surface area contributed by atoms with Gasteiger partial charge in [0.05, 0.1) is 20.3 Å². The van der Waals surface area contributed by atoms with Gasteiger partial charge in [0.25, 0.3) is 0 Å². The topological polar surface area (TPSA) is 59.6 Å². The Hall–Kier alpha value is -2.17. The second-order valence-electron chi connectivity index (χ2n) is 4.21. The van der Waals surface area contributed by atoms with E-state index in [4.69, 9.17) is 9.47 Å². The van der Waals surface area contributed by atoms with E-state index in [9.17, 15) is 4.79 Å². The molecule has 1 aromatic carbocycles. The van der Waals surface area contributed by atoms with Crippen LogP contribution in [0.2, 0.25) is 0 Å². The normalized spacial score (nSPS) is 11.4. The first-order chi connectivity index (χ1) is 8.97. The van der Waals surface area contributed by atoms with E-state index in [-0.39, 0.29) is 12.1 Å². The Bertz CT molecular complexity index is 472. The van der Waals surface area contributed by atoms with E-state index in [2.05, 4.69) is 17.2 Å². The van der Waals surface area contributed by atoms with Crippen LogP contribution in [0.1, 0.15) is 25.5 Å². The third-order valence-corrected chi connectivity index (χ3v) is 2.58. The Kier molecular flexibility index (Phi) is 5.23. The van der Waals surface area contributed by atoms with Gasteiger partial charge < -0.3 is 20.1 Å². The van der Waals surface area contributed by atoms with Gasteiger partial charge in [-0.15, -0.1) is 0 Å². The summed E-state index contributed by atoms with van der Waals surface area (Å²) >= 11 is 0. The average molecular weight is 264 g/mol. The molecule has 0 aromatic heterocycles. The molecule has 0 spiro atoms. The molecule has 0 bridgehead atoms. The summed E-state index contributed by atoms with van der Waals surface area (Å²) in [6.07, 6.45) is 0. The fourth-order valence-electron chi connectivity index (χ4n) is 1.63. The summed E-state index contributed by atoms with van der Waals surface area (Å²) in [7, 11) is 3.16. The second kappa shape index (κ2) is 6.68. The van der Waals surface area contributed by atoms with Crippen LogP contribution in [0.3, 0.4) is 0 Å². The van der Waals surface area contributed by atoms with Crippen LogP contribution in [0.15, 0.2) is 30.5 Å². The molecule has 0 fully saturated rings. The van der Waals surface area contributed by atoms with Crippen LogP contribution in [0.5, 0.6) is 11.5 Å². The number of nitrogens with one attached hydrogen (secondary N) is 2. The zero-order chi connectivity index (χ0) is 14.4. The summed E-state index contributed by atoms with van der Waals surface area (Å²) in [5.41, 5.74) is 1.52. The first kappa shape index (κ1) is 14.9. The molecule has 5 heteroatoms. The number of ether oxygens (including phenoxy) is 2. The van der Waals surface area contributed by atoms with Crippen molar-refractivity contribution >= 4 is 6.03 Å². The molecule has 1 rings (SSSR count). The van der Waals surface area contributed by atoms with Crippen molar-refractivity contribution in [2.45, 2.75) is 19.9 Å². The number of benzene rings is 1. The van der Waals surface area contributed by atoms with Crippen molar-refractivity contribution in [1.29, 1.82) is 0 Å². The SMILES string of the molecule is C=C(C)NC(=O)NC(C)c1ccc(OC)c(OC)c1. The largest absolute Gasteiger partial charge is 0.493 e. The van der Waals surface area contributed by atoms with Gasteiger partial charge in [0.1, 0.15) is 0 Å². The van der Waals surface area contributed by atoms with E-state index in [0.717, 1.165) is 5.56 Å². The van der Waals surface area contributed by atoms with Gasteiger partial charge in [-0.1, -0.05) is 12.6 Å². The Morgan fingerprint density at radius 3 is 2.42 bits per heavy atom. The molecule has 0 aliphatic carbocycles. The molecule has 1 aromatic rings. The number of rotatable bonds is 5. The smallest absolute Gasteiger partial charge is 0.319 e. The lowest BCUT2D eigenvalue weighted by Gasteiger charge is -2.17. The molecule has 0 aliphatic rings. The molecule has 0 saturated heterocycles. The van der Waals surface area contributed by atoms with Crippen LogP contribution in [-0.2, 0) is 0 Å². The average Bonchev–Trinajstić information content (AvgIpc) is 2.36. The van der Waals surface area contributed by atoms with E-state index < -0.39 is 0 Å². The van der Waals surface area contributed by atoms with Crippen LogP contribution < -0.4 is 20.1 Å². The van der Waals surface area contributed by atoms with Gasteiger partial charge in [-0.3, -0.25) is 0 Å². The van der Waals surface area contributed by atoms with Crippen molar-refractivity contribution in [1.82, 2.24) is 10.6 Å². The van der Waals surface area contributed by atoms with Gasteiger partial charge in [0, 0.05) is 5.70 Å². The second-order valence-corrected chi connectivity index (χ2v) is 4.21.